The molecule has 2 heterocycles. The second kappa shape index (κ2) is 7.56. The third-order valence-corrected chi connectivity index (χ3v) is 5.02. The lowest BCUT2D eigenvalue weighted by Crippen LogP contribution is -2.33. The van der Waals surface area contributed by atoms with Crippen LogP contribution in [0.25, 0.3) is 11.0 Å². The molecular formula is C19H26N2O4. The number of carbonyl (C=O) groups excluding carboxylic acids is 1. The van der Waals surface area contributed by atoms with E-state index in [1.165, 1.54) is 0 Å². The number of rotatable bonds is 6. The highest BCUT2D eigenvalue weighted by Crippen LogP contribution is 2.28. The van der Waals surface area contributed by atoms with Crippen molar-refractivity contribution in [3.05, 3.63) is 35.6 Å². The van der Waals surface area contributed by atoms with E-state index in [2.05, 4.69) is 0 Å². The van der Waals surface area contributed by atoms with Gasteiger partial charge >= 0.3 is 0 Å². The lowest BCUT2D eigenvalue weighted by molar-refractivity contribution is 0.0779. The topological polar surface area (TPSA) is 77.2 Å². The van der Waals surface area contributed by atoms with Crippen LogP contribution in [0.1, 0.15) is 16.1 Å². The summed E-state index contributed by atoms with van der Waals surface area (Å²) in [6.07, 6.45) is 0. The summed E-state index contributed by atoms with van der Waals surface area (Å²) in [4.78, 5) is 16.9. The van der Waals surface area contributed by atoms with Gasteiger partial charge in [-0.3, -0.25) is 4.79 Å². The first-order valence-electron chi connectivity index (χ1n) is 8.72. The molecule has 0 bridgehead atoms. The van der Waals surface area contributed by atoms with Gasteiger partial charge in [-0.15, -0.1) is 0 Å². The fourth-order valence-corrected chi connectivity index (χ4v) is 3.71. The molecule has 6 nitrogen and oxygen atoms in total. The van der Waals surface area contributed by atoms with Crippen LogP contribution in [0.3, 0.4) is 0 Å². The third kappa shape index (κ3) is 3.71. The van der Waals surface area contributed by atoms with Crippen LogP contribution < -0.4 is 0 Å². The quantitative estimate of drug-likeness (QED) is 0.826. The first kappa shape index (κ1) is 17.9. The van der Waals surface area contributed by atoms with Crippen LogP contribution in [0, 0.1) is 18.8 Å². The molecule has 2 aromatic rings. The van der Waals surface area contributed by atoms with E-state index in [-0.39, 0.29) is 31.0 Å². The summed E-state index contributed by atoms with van der Waals surface area (Å²) in [7, 11) is 1.95. The number of nitrogens with zero attached hydrogens (tertiary/aromatic N) is 2. The maximum atomic E-state index is 13.0. The fraction of sp³-hybridized carbons (Fsp3) is 0.526. The Morgan fingerprint density at radius 1 is 1.32 bits per heavy atom. The number of furan rings is 1. The number of fused-ring (bicyclic) bond motifs is 1. The summed E-state index contributed by atoms with van der Waals surface area (Å²) in [6.45, 7) is 4.53. The summed E-state index contributed by atoms with van der Waals surface area (Å²) in [6, 6.07) is 7.54. The minimum Gasteiger partial charge on any atom is -0.461 e. The maximum absolute atomic E-state index is 13.0. The standard InChI is InChI=1S/C19H26N2O4/c1-13-8-14-4-3-5-17(18(14)25-13)19(24)21-10-15(16(11-21)12-23)9-20(2)6-7-22/h3-5,8,15-16,22-23H,6-7,9-12H2,1-2H3/t15-,16-/m1/s1. The lowest BCUT2D eigenvalue weighted by Gasteiger charge is -2.23. The zero-order chi connectivity index (χ0) is 18.0. The SMILES string of the molecule is Cc1cc2cccc(C(=O)N3C[C@@H](CN(C)CCO)[C@@H](CO)C3)c2o1. The van der Waals surface area contributed by atoms with Crippen molar-refractivity contribution in [1.29, 1.82) is 0 Å². The van der Waals surface area contributed by atoms with Crippen LogP contribution in [0.5, 0.6) is 0 Å². The Bertz CT molecular complexity index is 742. The molecule has 136 valence electrons. The number of carbonyl (C=O) groups is 1. The number of amides is 1. The van der Waals surface area contributed by atoms with Crippen LogP contribution in [0.15, 0.2) is 28.7 Å². The van der Waals surface area contributed by atoms with Crippen LogP contribution in [0.4, 0.5) is 0 Å². The molecular weight excluding hydrogens is 320 g/mol. The zero-order valence-corrected chi connectivity index (χ0v) is 14.8. The predicted molar refractivity (Wildman–Crippen MR) is 95.5 cm³/mol. The molecule has 1 aromatic heterocycles. The van der Waals surface area contributed by atoms with Gasteiger partial charge in [-0.1, -0.05) is 12.1 Å². The average Bonchev–Trinajstić information content (AvgIpc) is 3.16. The van der Waals surface area contributed by atoms with E-state index in [4.69, 9.17) is 9.52 Å². The highest BCUT2D eigenvalue weighted by Gasteiger charge is 2.36. The largest absolute Gasteiger partial charge is 0.461 e. The van der Waals surface area contributed by atoms with Gasteiger partial charge in [0.15, 0.2) is 0 Å². The second-order valence-corrected chi connectivity index (χ2v) is 6.98. The molecule has 3 rings (SSSR count). The third-order valence-electron chi connectivity index (χ3n) is 5.02. The van der Waals surface area contributed by atoms with Gasteiger partial charge in [-0.05, 0) is 32.0 Å². The van der Waals surface area contributed by atoms with Gasteiger partial charge < -0.3 is 24.4 Å². The Morgan fingerprint density at radius 3 is 2.80 bits per heavy atom. The Kier molecular flexibility index (Phi) is 5.42. The molecule has 25 heavy (non-hydrogen) atoms. The van der Waals surface area contributed by atoms with E-state index >= 15 is 0 Å². The predicted octanol–water partition coefficient (Wildman–Crippen LogP) is 1.35. The van der Waals surface area contributed by atoms with Crippen LogP contribution in [-0.4, -0.2) is 72.4 Å². The number of hydrogen-bond donors (Lipinski definition) is 2. The molecule has 0 unspecified atom stereocenters. The molecule has 1 aromatic carbocycles. The zero-order valence-electron chi connectivity index (χ0n) is 14.8. The van der Waals surface area contributed by atoms with Crippen molar-refractivity contribution in [2.75, 3.05) is 46.4 Å². The number of likely N-dealkylation sites (tertiary alicyclic amines) is 1. The fourth-order valence-electron chi connectivity index (χ4n) is 3.71. The van der Waals surface area contributed by atoms with Crippen molar-refractivity contribution in [2.24, 2.45) is 11.8 Å². The summed E-state index contributed by atoms with van der Waals surface area (Å²) in [5, 5.41) is 19.7. The first-order chi connectivity index (χ1) is 12.0. The van der Waals surface area contributed by atoms with Crippen molar-refractivity contribution < 1.29 is 19.4 Å². The van der Waals surface area contributed by atoms with Crippen molar-refractivity contribution in [1.82, 2.24) is 9.80 Å². The van der Waals surface area contributed by atoms with Gasteiger partial charge in [0.25, 0.3) is 5.91 Å². The monoisotopic (exact) mass is 346 g/mol. The van der Waals surface area contributed by atoms with E-state index in [1.807, 2.05) is 42.0 Å². The van der Waals surface area contributed by atoms with E-state index in [9.17, 15) is 9.90 Å². The molecule has 1 saturated heterocycles. The minimum atomic E-state index is -0.0503. The number of aryl methyl sites for hydroxylation is 1. The van der Waals surface area contributed by atoms with Gasteiger partial charge in [0, 0.05) is 44.1 Å². The van der Waals surface area contributed by atoms with E-state index in [0.29, 0.717) is 30.8 Å². The number of hydrogen-bond acceptors (Lipinski definition) is 5. The van der Waals surface area contributed by atoms with E-state index < -0.39 is 0 Å². The minimum absolute atomic E-state index is 0.0503. The Hall–Kier alpha value is -1.89. The summed E-state index contributed by atoms with van der Waals surface area (Å²) < 4.78 is 5.72. The summed E-state index contributed by atoms with van der Waals surface area (Å²) in [5.74, 6) is 0.991. The van der Waals surface area contributed by atoms with Crippen LogP contribution in [0.2, 0.25) is 0 Å². The van der Waals surface area contributed by atoms with Crippen LogP contribution in [-0.2, 0) is 0 Å². The molecule has 2 atom stereocenters. The highest BCUT2D eigenvalue weighted by molar-refractivity contribution is 6.05. The summed E-state index contributed by atoms with van der Waals surface area (Å²) in [5.41, 5.74) is 1.21. The molecule has 0 radical (unpaired) electrons. The molecule has 1 aliphatic heterocycles. The Balaban J connectivity index is 1.78. The molecule has 0 aliphatic carbocycles. The number of benzene rings is 1. The Labute approximate surface area is 147 Å². The number of para-hydroxylation sites is 1. The average molecular weight is 346 g/mol. The molecule has 1 amide bonds. The molecule has 2 N–H and O–H groups in total. The van der Waals surface area contributed by atoms with Gasteiger partial charge in [0.1, 0.15) is 11.3 Å². The van der Waals surface area contributed by atoms with Gasteiger partial charge in [0.05, 0.1) is 12.2 Å². The number of aliphatic hydroxyl groups is 2. The van der Waals surface area contributed by atoms with Crippen molar-refractivity contribution in [3.8, 4) is 0 Å². The smallest absolute Gasteiger partial charge is 0.257 e. The normalized spacial score (nSPS) is 20.8. The molecule has 1 aliphatic rings. The number of likely N-dealkylation sites (N-methyl/N-ethyl adjacent to an activating group) is 1. The van der Waals surface area contributed by atoms with Gasteiger partial charge in [-0.2, -0.15) is 0 Å². The number of aliphatic hydroxyl groups excluding tert-OH is 2. The van der Waals surface area contributed by atoms with Gasteiger partial charge in [0.2, 0.25) is 0 Å². The second-order valence-electron chi connectivity index (χ2n) is 6.98. The molecule has 1 fully saturated rings. The van der Waals surface area contributed by atoms with Crippen molar-refractivity contribution in [3.63, 3.8) is 0 Å². The highest BCUT2D eigenvalue weighted by atomic mass is 16.3. The maximum Gasteiger partial charge on any atom is 0.257 e. The first-order valence-corrected chi connectivity index (χ1v) is 8.72. The molecule has 6 heteroatoms. The van der Waals surface area contributed by atoms with Crippen molar-refractivity contribution in [2.45, 2.75) is 6.92 Å². The van der Waals surface area contributed by atoms with Crippen LogP contribution >= 0.6 is 0 Å². The Morgan fingerprint density at radius 2 is 2.08 bits per heavy atom. The molecule has 0 saturated carbocycles. The summed E-state index contributed by atoms with van der Waals surface area (Å²) >= 11 is 0. The van der Waals surface area contributed by atoms with Crippen molar-refractivity contribution >= 4 is 16.9 Å². The van der Waals surface area contributed by atoms with E-state index in [0.717, 1.165) is 17.7 Å². The van der Waals surface area contributed by atoms with Gasteiger partial charge in [-0.25, -0.2) is 0 Å². The lowest BCUT2D eigenvalue weighted by atomic mass is 9.96. The molecule has 0 spiro atoms. The van der Waals surface area contributed by atoms with E-state index in [1.54, 1.807) is 6.07 Å².